The molecule has 0 heterocycles. The monoisotopic (exact) mass is 212 g/mol. The first-order chi connectivity index (χ1) is 7.75. The van der Waals surface area contributed by atoms with Gasteiger partial charge >= 0.3 is 0 Å². The predicted octanol–water partition coefficient (Wildman–Crippen LogP) is 1.73. The van der Waals surface area contributed by atoms with E-state index in [1.807, 2.05) is 12.1 Å². The van der Waals surface area contributed by atoms with Crippen LogP contribution in [-0.4, -0.2) is 11.6 Å². The van der Waals surface area contributed by atoms with Crippen LogP contribution >= 0.6 is 0 Å². The first-order valence-electron chi connectivity index (χ1n) is 5.58. The highest BCUT2D eigenvalue weighted by molar-refractivity contribution is 6.07. The minimum atomic E-state index is -0.118. The van der Waals surface area contributed by atoms with Crippen LogP contribution < -0.4 is 0 Å². The summed E-state index contributed by atoms with van der Waals surface area (Å²) in [6.07, 6.45) is 4.32. The Labute approximate surface area is 94.0 Å². The second kappa shape index (κ2) is 3.41. The third kappa shape index (κ3) is 1.33. The van der Waals surface area contributed by atoms with Crippen LogP contribution in [0.2, 0.25) is 0 Å². The van der Waals surface area contributed by atoms with Crippen LogP contribution in [0.4, 0.5) is 0 Å². The molecule has 1 aromatic rings. The fourth-order valence-corrected chi connectivity index (χ4v) is 2.72. The summed E-state index contributed by atoms with van der Waals surface area (Å²) < 4.78 is 0. The number of rotatable bonds is 0. The Balaban J connectivity index is 2.04. The summed E-state index contributed by atoms with van der Waals surface area (Å²) in [5, 5.41) is 0. The molecule has 0 fully saturated rings. The van der Waals surface area contributed by atoms with Crippen LogP contribution in [0.1, 0.15) is 11.1 Å². The molecule has 2 nitrogen and oxygen atoms in total. The Bertz CT molecular complexity index is 454. The van der Waals surface area contributed by atoms with Crippen molar-refractivity contribution in [1.82, 2.24) is 0 Å². The van der Waals surface area contributed by atoms with E-state index < -0.39 is 0 Å². The largest absolute Gasteiger partial charge is 0.295 e. The van der Waals surface area contributed by atoms with Crippen molar-refractivity contribution in [3.8, 4) is 0 Å². The third-order valence-electron chi connectivity index (χ3n) is 3.63. The van der Waals surface area contributed by atoms with Gasteiger partial charge in [0, 0.05) is 11.8 Å². The van der Waals surface area contributed by atoms with Crippen LogP contribution in [0.5, 0.6) is 0 Å². The highest BCUT2D eigenvalue weighted by Crippen LogP contribution is 2.33. The molecule has 2 atom stereocenters. The van der Waals surface area contributed by atoms with Gasteiger partial charge in [0.2, 0.25) is 0 Å². The lowest BCUT2D eigenvalue weighted by atomic mass is 9.70. The molecule has 2 aliphatic rings. The lowest BCUT2D eigenvalue weighted by molar-refractivity contribution is -0.129. The number of hydrogen-bond acceptors (Lipinski definition) is 2. The predicted molar refractivity (Wildman–Crippen MR) is 60.0 cm³/mol. The first-order valence-corrected chi connectivity index (χ1v) is 5.58. The summed E-state index contributed by atoms with van der Waals surface area (Å²) in [5.74, 6) is -0.0157. The summed E-state index contributed by atoms with van der Waals surface area (Å²) >= 11 is 0. The van der Waals surface area contributed by atoms with Crippen molar-refractivity contribution in [2.45, 2.75) is 12.8 Å². The van der Waals surface area contributed by atoms with Crippen LogP contribution in [0.25, 0.3) is 0 Å². The van der Waals surface area contributed by atoms with E-state index in [2.05, 4.69) is 12.1 Å². The Kier molecular flexibility index (Phi) is 2.03. The van der Waals surface area contributed by atoms with E-state index in [1.54, 1.807) is 0 Å². The van der Waals surface area contributed by atoms with E-state index in [9.17, 15) is 9.59 Å². The molecule has 0 saturated carbocycles. The molecule has 2 heteroatoms. The topological polar surface area (TPSA) is 34.1 Å². The lowest BCUT2D eigenvalue weighted by Gasteiger charge is -2.31. The van der Waals surface area contributed by atoms with Gasteiger partial charge in [-0.1, -0.05) is 24.3 Å². The number of ketones is 2. The number of carbonyl (C=O) groups excluding carboxylic acids is 2. The van der Waals surface area contributed by atoms with E-state index in [1.165, 1.54) is 23.3 Å². The van der Waals surface area contributed by atoms with Crippen LogP contribution in [0.15, 0.2) is 36.4 Å². The molecule has 2 unspecified atom stereocenters. The number of hydrogen-bond donors (Lipinski definition) is 0. The number of allylic oxidation sites excluding steroid dienone is 2. The van der Waals surface area contributed by atoms with Gasteiger partial charge < -0.3 is 0 Å². The van der Waals surface area contributed by atoms with Crippen molar-refractivity contribution >= 4 is 11.6 Å². The molecule has 1 aromatic carbocycles. The highest BCUT2D eigenvalue weighted by atomic mass is 16.1. The van der Waals surface area contributed by atoms with Gasteiger partial charge in [0.05, 0.1) is 0 Å². The first kappa shape index (κ1) is 9.52. The molecular formula is C14H12O2. The van der Waals surface area contributed by atoms with Crippen molar-refractivity contribution in [2.24, 2.45) is 11.8 Å². The van der Waals surface area contributed by atoms with Crippen LogP contribution in [0, 0.1) is 11.8 Å². The Morgan fingerprint density at radius 3 is 1.69 bits per heavy atom. The molecule has 80 valence electrons. The zero-order valence-corrected chi connectivity index (χ0v) is 8.85. The minimum Gasteiger partial charge on any atom is -0.295 e. The van der Waals surface area contributed by atoms with Gasteiger partial charge in [-0.05, 0) is 36.1 Å². The Morgan fingerprint density at radius 1 is 0.812 bits per heavy atom. The third-order valence-corrected chi connectivity index (χ3v) is 3.63. The summed E-state index contributed by atoms with van der Waals surface area (Å²) in [6.45, 7) is 0. The summed E-state index contributed by atoms with van der Waals surface area (Å²) in [7, 11) is 0. The average Bonchev–Trinajstić information content (AvgIpc) is 2.32. The van der Waals surface area contributed by atoms with Crippen molar-refractivity contribution in [3.63, 3.8) is 0 Å². The van der Waals surface area contributed by atoms with E-state index in [4.69, 9.17) is 0 Å². The van der Waals surface area contributed by atoms with E-state index >= 15 is 0 Å². The molecule has 0 saturated heterocycles. The quantitative estimate of drug-likeness (QED) is 0.656. The standard InChI is InChI=1S/C14H12O2/c15-13-5-6-14(16)12-8-10-4-2-1-3-9(10)7-11(12)13/h1-6,11-12H,7-8H2. The van der Waals surface area contributed by atoms with Gasteiger partial charge in [0.15, 0.2) is 11.6 Å². The van der Waals surface area contributed by atoms with Crippen molar-refractivity contribution in [3.05, 3.63) is 47.5 Å². The molecule has 3 rings (SSSR count). The Morgan fingerprint density at radius 2 is 1.25 bits per heavy atom. The highest BCUT2D eigenvalue weighted by Gasteiger charge is 2.38. The summed E-state index contributed by atoms with van der Waals surface area (Å²) in [4.78, 5) is 23.5. The molecule has 0 radical (unpaired) electrons. The second-order valence-electron chi connectivity index (χ2n) is 4.53. The SMILES string of the molecule is O=C1C=CC(=O)C2Cc3ccccc3CC12. The normalized spacial score (nSPS) is 27.5. The molecule has 0 amide bonds. The maximum Gasteiger partial charge on any atom is 0.159 e. The summed E-state index contributed by atoms with van der Waals surface area (Å²) in [5.41, 5.74) is 2.44. The van der Waals surface area contributed by atoms with Gasteiger partial charge in [0.1, 0.15) is 0 Å². The van der Waals surface area contributed by atoms with E-state index in [0.29, 0.717) is 0 Å². The lowest BCUT2D eigenvalue weighted by Crippen LogP contribution is -2.38. The Hall–Kier alpha value is -1.70. The smallest absolute Gasteiger partial charge is 0.159 e. The maximum absolute atomic E-state index is 11.7. The molecule has 16 heavy (non-hydrogen) atoms. The van der Waals surface area contributed by atoms with E-state index in [0.717, 1.165) is 12.8 Å². The molecule has 0 aromatic heterocycles. The van der Waals surface area contributed by atoms with Crippen molar-refractivity contribution in [2.75, 3.05) is 0 Å². The maximum atomic E-state index is 11.7. The molecule has 0 bridgehead atoms. The van der Waals surface area contributed by atoms with Gasteiger partial charge in [-0.2, -0.15) is 0 Å². The summed E-state index contributed by atoms with van der Waals surface area (Å²) in [6, 6.07) is 8.09. The van der Waals surface area contributed by atoms with Gasteiger partial charge in [-0.3, -0.25) is 9.59 Å². The zero-order chi connectivity index (χ0) is 11.1. The minimum absolute atomic E-state index is 0.110. The second-order valence-corrected chi connectivity index (χ2v) is 4.53. The van der Waals surface area contributed by atoms with Crippen LogP contribution in [-0.2, 0) is 22.4 Å². The molecule has 0 aliphatic heterocycles. The molecule has 0 spiro atoms. The van der Waals surface area contributed by atoms with Crippen molar-refractivity contribution in [1.29, 1.82) is 0 Å². The van der Waals surface area contributed by atoms with Crippen LogP contribution in [0.3, 0.4) is 0 Å². The number of fused-ring (bicyclic) bond motifs is 2. The molecular weight excluding hydrogens is 200 g/mol. The van der Waals surface area contributed by atoms with Gasteiger partial charge in [-0.25, -0.2) is 0 Å². The zero-order valence-electron chi connectivity index (χ0n) is 8.85. The average molecular weight is 212 g/mol. The van der Waals surface area contributed by atoms with Gasteiger partial charge in [-0.15, -0.1) is 0 Å². The number of carbonyl (C=O) groups is 2. The fraction of sp³-hybridized carbons (Fsp3) is 0.286. The van der Waals surface area contributed by atoms with Gasteiger partial charge in [0.25, 0.3) is 0 Å². The van der Waals surface area contributed by atoms with Crippen molar-refractivity contribution < 1.29 is 9.59 Å². The molecule has 2 aliphatic carbocycles. The van der Waals surface area contributed by atoms with E-state index in [-0.39, 0.29) is 23.4 Å². The fourth-order valence-electron chi connectivity index (χ4n) is 2.72. The number of benzene rings is 1. The molecule has 0 N–H and O–H groups in total.